The Morgan fingerprint density at radius 2 is 2.06 bits per heavy atom. The highest BCUT2D eigenvalue weighted by Crippen LogP contribution is 2.20. The second kappa shape index (κ2) is 5.04. The molecule has 0 spiro atoms. The minimum atomic E-state index is -0.592. The van der Waals surface area contributed by atoms with Crippen molar-refractivity contribution in [2.75, 3.05) is 6.54 Å². The monoisotopic (exact) mass is 241 g/mol. The summed E-state index contributed by atoms with van der Waals surface area (Å²) in [7, 11) is 0. The second-order valence-electron chi connectivity index (χ2n) is 5.70. The molecule has 0 aromatic rings. The van der Waals surface area contributed by atoms with E-state index in [1.807, 2.05) is 20.8 Å². The first-order chi connectivity index (χ1) is 7.75. The summed E-state index contributed by atoms with van der Waals surface area (Å²) in [6.45, 7) is 6.38. The van der Waals surface area contributed by atoms with Crippen molar-refractivity contribution in [2.24, 2.45) is 5.73 Å². The summed E-state index contributed by atoms with van der Waals surface area (Å²) < 4.78 is 0. The lowest BCUT2D eigenvalue weighted by Gasteiger charge is -2.37. The van der Waals surface area contributed by atoms with Crippen LogP contribution in [0.3, 0.4) is 0 Å². The van der Waals surface area contributed by atoms with E-state index in [0.717, 1.165) is 25.8 Å². The van der Waals surface area contributed by atoms with Crippen molar-refractivity contribution in [2.45, 2.75) is 57.5 Å². The van der Waals surface area contributed by atoms with Gasteiger partial charge in [0.05, 0.1) is 5.54 Å². The fourth-order valence-corrected chi connectivity index (χ4v) is 2.18. The van der Waals surface area contributed by atoms with Gasteiger partial charge < -0.3 is 16.4 Å². The van der Waals surface area contributed by atoms with E-state index in [1.54, 1.807) is 0 Å². The van der Waals surface area contributed by atoms with E-state index >= 15 is 0 Å². The van der Waals surface area contributed by atoms with Crippen molar-refractivity contribution in [3.05, 3.63) is 0 Å². The van der Waals surface area contributed by atoms with E-state index in [9.17, 15) is 9.59 Å². The summed E-state index contributed by atoms with van der Waals surface area (Å²) in [4.78, 5) is 23.1. The van der Waals surface area contributed by atoms with Crippen LogP contribution in [0.15, 0.2) is 0 Å². The average molecular weight is 241 g/mol. The highest BCUT2D eigenvalue weighted by atomic mass is 16.2. The summed E-state index contributed by atoms with van der Waals surface area (Å²) in [6, 6.07) is 0. The van der Waals surface area contributed by atoms with Gasteiger partial charge in [-0.05, 0) is 46.6 Å². The maximum absolute atomic E-state index is 12.2. The van der Waals surface area contributed by atoms with Crippen LogP contribution >= 0.6 is 0 Å². The molecule has 1 fully saturated rings. The molecule has 1 unspecified atom stereocenters. The zero-order valence-electron chi connectivity index (χ0n) is 10.9. The molecule has 0 saturated carbocycles. The third kappa shape index (κ3) is 4.00. The number of primary amides is 1. The van der Waals surface area contributed by atoms with E-state index in [-0.39, 0.29) is 12.3 Å². The molecule has 2 amide bonds. The van der Waals surface area contributed by atoms with Crippen molar-refractivity contribution in [1.29, 1.82) is 0 Å². The van der Waals surface area contributed by atoms with Crippen molar-refractivity contribution in [3.8, 4) is 0 Å². The first kappa shape index (κ1) is 14.0. The summed E-state index contributed by atoms with van der Waals surface area (Å²) in [5.41, 5.74) is 4.05. The van der Waals surface area contributed by atoms with Crippen LogP contribution in [0, 0.1) is 0 Å². The first-order valence-corrected chi connectivity index (χ1v) is 6.11. The van der Waals surface area contributed by atoms with Crippen LogP contribution in [-0.4, -0.2) is 29.4 Å². The van der Waals surface area contributed by atoms with Crippen LogP contribution < -0.4 is 16.4 Å². The maximum atomic E-state index is 12.2. The first-order valence-electron chi connectivity index (χ1n) is 6.11. The molecule has 0 bridgehead atoms. The van der Waals surface area contributed by atoms with Gasteiger partial charge in [0.2, 0.25) is 11.8 Å². The minimum absolute atomic E-state index is 0.0524. The van der Waals surface area contributed by atoms with Crippen molar-refractivity contribution in [1.82, 2.24) is 10.6 Å². The molecule has 0 aromatic carbocycles. The second-order valence-corrected chi connectivity index (χ2v) is 5.70. The SMILES string of the molecule is CC(C)(CC(N)=O)NC(=O)C1(C)CCCCN1. The zero-order valence-corrected chi connectivity index (χ0v) is 10.9. The van der Waals surface area contributed by atoms with Crippen LogP contribution in [0.5, 0.6) is 0 Å². The number of hydrogen-bond acceptors (Lipinski definition) is 3. The topological polar surface area (TPSA) is 84.2 Å². The Bertz CT molecular complexity index is 307. The summed E-state index contributed by atoms with van der Waals surface area (Å²) in [5.74, 6) is -0.458. The number of nitrogens with one attached hydrogen (secondary N) is 2. The van der Waals surface area contributed by atoms with Crippen molar-refractivity contribution < 1.29 is 9.59 Å². The van der Waals surface area contributed by atoms with Gasteiger partial charge >= 0.3 is 0 Å². The Labute approximate surface area is 103 Å². The third-order valence-electron chi connectivity index (χ3n) is 3.19. The predicted octanol–water partition coefficient (Wildman–Crippen LogP) is 0.289. The Morgan fingerprint density at radius 3 is 2.53 bits per heavy atom. The molecule has 0 aliphatic carbocycles. The smallest absolute Gasteiger partial charge is 0.240 e. The van der Waals surface area contributed by atoms with E-state index in [0.29, 0.717) is 0 Å². The lowest BCUT2D eigenvalue weighted by molar-refractivity contribution is -0.130. The third-order valence-corrected chi connectivity index (χ3v) is 3.19. The van der Waals surface area contributed by atoms with Gasteiger partial charge in [-0.3, -0.25) is 9.59 Å². The Balaban J connectivity index is 2.61. The molecule has 17 heavy (non-hydrogen) atoms. The summed E-state index contributed by atoms with van der Waals surface area (Å²) >= 11 is 0. The highest BCUT2D eigenvalue weighted by molar-refractivity contribution is 5.87. The Kier molecular flexibility index (Phi) is 4.14. The van der Waals surface area contributed by atoms with E-state index in [2.05, 4.69) is 10.6 Å². The van der Waals surface area contributed by atoms with E-state index in [1.165, 1.54) is 0 Å². The maximum Gasteiger partial charge on any atom is 0.240 e. The van der Waals surface area contributed by atoms with E-state index in [4.69, 9.17) is 5.73 Å². The lowest BCUT2D eigenvalue weighted by atomic mass is 9.88. The largest absolute Gasteiger partial charge is 0.370 e. The average Bonchev–Trinajstić information content (AvgIpc) is 2.15. The van der Waals surface area contributed by atoms with Gasteiger partial charge in [-0.1, -0.05) is 0 Å². The number of piperidine rings is 1. The fourth-order valence-electron chi connectivity index (χ4n) is 2.18. The number of nitrogens with two attached hydrogens (primary N) is 1. The quantitative estimate of drug-likeness (QED) is 0.661. The number of hydrogen-bond donors (Lipinski definition) is 3. The van der Waals surface area contributed by atoms with Crippen LogP contribution in [0.2, 0.25) is 0 Å². The Hall–Kier alpha value is -1.10. The molecule has 1 aliphatic heterocycles. The van der Waals surface area contributed by atoms with Gasteiger partial charge in [0.1, 0.15) is 0 Å². The van der Waals surface area contributed by atoms with Crippen LogP contribution in [0.4, 0.5) is 0 Å². The van der Waals surface area contributed by atoms with Gasteiger partial charge in [-0.2, -0.15) is 0 Å². The standard InChI is InChI=1S/C12H23N3O2/c1-11(2,8-9(13)16)15-10(17)12(3)6-4-5-7-14-12/h14H,4-8H2,1-3H3,(H2,13,16)(H,15,17). The van der Waals surface area contributed by atoms with Gasteiger partial charge in [-0.25, -0.2) is 0 Å². The molecule has 5 nitrogen and oxygen atoms in total. The molecular formula is C12H23N3O2. The molecule has 0 aromatic heterocycles. The van der Waals surface area contributed by atoms with Gasteiger partial charge in [-0.15, -0.1) is 0 Å². The number of rotatable bonds is 4. The molecular weight excluding hydrogens is 218 g/mol. The zero-order chi connectivity index (χ0) is 13.1. The molecule has 4 N–H and O–H groups in total. The summed E-state index contributed by atoms with van der Waals surface area (Å²) in [5, 5.41) is 6.14. The van der Waals surface area contributed by atoms with Crippen LogP contribution in [-0.2, 0) is 9.59 Å². The summed E-state index contributed by atoms with van der Waals surface area (Å²) in [6.07, 6.45) is 3.13. The Morgan fingerprint density at radius 1 is 1.41 bits per heavy atom. The molecule has 98 valence electrons. The van der Waals surface area contributed by atoms with Crippen LogP contribution in [0.25, 0.3) is 0 Å². The molecule has 1 atom stereocenters. The molecule has 0 radical (unpaired) electrons. The number of carbonyl (C=O) groups is 2. The highest BCUT2D eigenvalue weighted by Gasteiger charge is 2.37. The van der Waals surface area contributed by atoms with Gasteiger partial charge in [0, 0.05) is 12.0 Å². The molecule has 1 rings (SSSR count). The normalized spacial score (nSPS) is 25.4. The molecule has 1 aliphatic rings. The number of amides is 2. The van der Waals surface area contributed by atoms with Crippen molar-refractivity contribution in [3.63, 3.8) is 0 Å². The van der Waals surface area contributed by atoms with Crippen LogP contribution in [0.1, 0.15) is 46.5 Å². The molecule has 1 saturated heterocycles. The van der Waals surface area contributed by atoms with Gasteiger partial charge in [0.15, 0.2) is 0 Å². The fraction of sp³-hybridized carbons (Fsp3) is 0.833. The molecule has 5 heteroatoms. The minimum Gasteiger partial charge on any atom is -0.370 e. The number of carbonyl (C=O) groups excluding carboxylic acids is 2. The van der Waals surface area contributed by atoms with Crippen molar-refractivity contribution >= 4 is 11.8 Å². The van der Waals surface area contributed by atoms with E-state index < -0.39 is 17.0 Å². The predicted molar refractivity (Wildman–Crippen MR) is 66.3 cm³/mol. The lowest BCUT2D eigenvalue weighted by Crippen LogP contribution is -2.61. The molecule has 1 heterocycles. The van der Waals surface area contributed by atoms with Gasteiger partial charge in [0.25, 0.3) is 0 Å².